The summed E-state index contributed by atoms with van der Waals surface area (Å²) in [5.41, 5.74) is 7.59. The van der Waals surface area contributed by atoms with Gasteiger partial charge in [-0.3, -0.25) is 15.1 Å². The van der Waals surface area contributed by atoms with Gasteiger partial charge in [-0.2, -0.15) is 0 Å². The molecule has 6 rings (SSSR count). The highest BCUT2D eigenvalue weighted by Gasteiger charge is 2.32. The third-order valence-electron chi connectivity index (χ3n) is 11.9. The molecular formula is C47H56Cl2N14O11. The Morgan fingerprint density at radius 1 is 0.541 bits per heavy atom. The van der Waals surface area contributed by atoms with Gasteiger partial charge in [0.15, 0.2) is 0 Å². The van der Waals surface area contributed by atoms with Gasteiger partial charge in [-0.25, -0.2) is 43.6 Å². The molecule has 6 aromatic rings. The predicted octanol–water partition coefficient (Wildman–Crippen LogP) is 8.10. The van der Waals surface area contributed by atoms with Crippen molar-refractivity contribution in [3.8, 4) is 0 Å². The average molecular weight is 1060 g/mol. The molecule has 0 fully saturated rings. The number of hydrogen-bond donors (Lipinski definition) is 8. The molecule has 0 aliphatic carbocycles. The van der Waals surface area contributed by atoms with Crippen LogP contribution in [-0.4, -0.2) is 129 Å². The number of aryl methyl sites for hydroxylation is 6. The van der Waals surface area contributed by atoms with Gasteiger partial charge in [0.25, 0.3) is 5.91 Å². The van der Waals surface area contributed by atoms with Crippen molar-refractivity contribution in [2.75, 3.05) is 67.3 Å². The van der Waals surface area contributed by atoms with Gasteiger partial charge in [-0.05, 0) is 36.6 Å². The number of alkyl halides is 2. The van der Waals surface area contributed by atoms with E-state index in [2.05, 4.69) is 10.2 Å². The first-order valence-corrected chi connectivity index (χ1v) is 23.6. The molecule has 1 aromatic carbocycles. The van der Waals surface area contributed by atoms with Crippen molar-refractivity contribution >= 4 is 123 Å². The third-order valence-corrected chi connectivity index (χ3v) is 12.2. The number of amidine groups is 1. The Kier molecular flexibility index (Phi) is 17.1. The van der Waals surface area contributed by atoms with Crippen LogP contribution in [0, 0.1) is 5.41 Å². The number of benzene rings is 1. The minimum absolute atomic E-state index is 0.00589. The van der Waals surface area contributed by atoms with E-state index in [0.29, 0.717) is 44.2 Å². The fraction of sp³-hybridized carbons (Fsp3) is 0.298. The Morgan fingerprint density at radius 3 is 1.30 bits per heavy atom. The summed E-state index contributed by atoms with van der Waals surface area (Å²) in [6, 6.07) is 14.5. The van der Waals surface area contributed by atoms with Crippen molar-refractivity contribution in [1.29, 1.82) is 5.41 Å². The van der Waals surface area contributed by atoms with Crippen LogP contribution in [0.1, 0.15) is 28.8 Å². The molecule has 0 aliphatic rings. The normalized spacial score (nSPS) is 11.0. The smallest absolute Gasteiger partial charge is 0.417 e. The van der Waals surface area contributed by atoms with E-state index >= 15 is 0 Å². The number of amides is 6. The van der Waals surface area contributed by atoms with E-state index in [0.717, 1.165) is 35.8 Å². The zero-order valence-electron chi connectivity index (χ0n) is 40.9. The van der Waals surface area contributed by atoms with E-state index < -0.39 is 36.4 Å². The quantitative estimate of drug-likeness (QED) is 0.0138. The lowest BCUT2D eigenvalue weighted by Crippen LogP contribution is -2.33. The second-order valence-electron chi connectivity index (χ2n) is 16.9. The number of carbonyl (C=O) groups is 6. The second-order valence-corrected chi connectivity index (χ2v) is 17.7. The number of nitrogens with two attached hydrogens (primary N) is 1. The lowest BCUT2D eigenvalue weighted by Gasteiger charge is -2.23. The van der Waals surface area contributed by atoms with Crippen LogP contribution in [-0.2, 0) is 41.7 Å². The van der Waals surface area contributed by atoms with Gasteiger partial charge in [-0.15, -0.1) is 23.2 Å². The summed E-state index contributed by atoms with van der Waals surface area (Å²) in [6.45, 7) is 1.48. The lowest BCUT2D eigenvalue weighted by atomic mass is 10.1. The average Bonchev–Trinajstić information content (AvgIpc) is 4.15. The van der Waals surface area contributed by atoms with Crippen molar-refractivity contribution < 1.29 is 54.3 Å². The first-order valence-electron chi connectivity index (χ1n) is 22.6. The predicted molar refractivity (Wildman–Crippen MR) is 280 cm³/mol. The molecule has 0 radical (unpaired) electrons. The van der Waals surface area contributed by atoms with Crippen molar-refractivity contribution in [2.45, 2.75) is 19.3 Å². The molecule has 0 unspecified atom stereocenters. The van der Waals surface area contributed by atoms with Gasteiger partial charge in [0.2, 0.25) is 0 Å². The van der Waals surface area contributed by atoms with E-state index in [-0.39, 0.29) is 76.2 Å². The first kappa shape index (κ1) is 54.6. The fourth-order valence-electron chi connectivity index (χ4n) is 8.41. The van der Waals surface area contributed by atoms with Gasteiger partial charge in [0.1, 0.15) is 29.1 Å². The van der Waals surface area contributed by atoms with Gasteiger partial charge in [0, 0.05) is 141 Å². The maximum absolute atomic E-state index is 13.3. The Balaban J connectivity index is 1.22. The number of aromatic nitrogens is 5. The van der Waals surface area contributed by atoms with Crippen molar-refractivity contribution in [3.05, 3.63) is 96.7 Å². The molecule has 0 atom stereocenters. The molecular weight excluding hydrogens is 1010 g/mol. The van der Waals surface area contributed by atoms with Crippen LogP contribution in [0.2, 0.25) is 0 Å². The number of carboxylic acid groups (broad SMARTS) is 5. The van der Waals surface area contributed by atoms with Gasteiger partial charge < -0.3 is 64.3 Å². The van der Waals surface area contributed by atoms with Crippen LogP contribution in [0.25, 0.3) is 0 Å². The highest BCUT2D eigenvalue weighted by molar-refractivity contribution is 6.18. The molecule has 74 heavy (non-hydrogen) atoms. The Hall–Kier alpha value is -8.71. The second kappa shape index (κ2) is 23.2. The van der Waals surface area contributed by atoms with E-state index in [1.54, 1.807) is 7.05 Å². The zero-order chi connectivity index (χ0) is 54.3. The number of carbonyl (C=O) groups excluding carboxylic acids is 1. The number of nitrogens with zero attached hydrogens (tertiary/aromatic N) is 11. The highest BCUT2D eigenvalue weighted by atomic mass is 35.5. The van der Waals surface area contributed by atoms with E-state index in [4.69, 9.17) is 34.3 Å². The maximum Gasteiger partial charge on any atom is 0.417 e. The Morgan fingerprint density at radius 2 is 0.919 bits per heavy atom. The summed E-state index contributed by atoms with van der Waals surface area (Å²) < 4.78 is 6.83. The van der Waals surface area contributed by atoms with Gasteiger partial charge >= 0.3 is 30.5 Å². The topological polar surface area (TPSA) is 310 Å². The number of rotatable bonds is 22. The van der Waals surface area contributed by atoms with Gasteiger partial charge in [0.05, 0.1) is 34.1 Å². The molecule has 5 aromatic heterocycles. The molecule has 0 saturated carbocycles. The summed E-state index contributed by atoms with van der Waals surface area (Å²) in [5, 5.41) is 62.5. The number of halogens is 2. The van der Waals surface area contributed by atoms with Crippen LogP contribution < -0.4 is 40.4 Å². The Labute approximate surface area is 433 Å². The van der Waals surface area contributed by atoms with Crippen molar-refractivity contribution in [1.82, 2.24) is 28.2 Å². The standard InChI is InChI=1S/C47H56Cl2N14O11/c1-53-24-30(42(64)52-15-6-7-29-8-10-31(11-9-29)58(17-13-48)18-14-49)19-38(53)60(44(67)68)33-21-40(55(3)26-33)62(46(71)72)35-23-41(57(5)28-35)63(47(73)74)34-22-39(56(4)27-34)61(45(69)70)32-20-37(54(2)25-32)59(43(65)66)16-12-36(50)51/h8-11,19-28H,6-7,12-18H2,1-5H3,(H3,50,51)(H,52,64)(H,65,66)(H,67,68)(H,69,70)(H,71,72)(H,73,74). The van der Waals surface area contributed by atoms with Gasteiger partial charge in [-0.1, -0.05) is 12.1 Å². The van der Waals surface area contributed by atoms with Crippen molar-refractivity contribution in [3.63, 3.8) is 0 Å². The zero-order valence-corrected chi connectivity index (χ0v) is 42.4. The molecule has 6 amide bonds. The maximum atomic E-state index is 13.3. The summed E-state index contributed by atoms with van der Waals surface area (Å²) >= 11 is 11.9. The van der Waals surface area contributed by atoms with E-state index in [1.165, 1.54) is 112 Å². The molecule has 0 spiro atoms. The van der Waals surface area contributed by atoms with Crippen LogP contribution in [0.5, 0.6) is 0 Å². The number of hydrogen-bond acceptors (Lipinski definition) is 8. The van der Waals surface area contributed by atoms with Crippen LogP contribution >= 0.6 is 23.2 Å². The first-order chi connectivity index (χ1) is 35.1. The van der Waals surface area contributed by atoms with Crippen LogP contribution in [0.4, 0.5) is 81.5 Å². The number of nitrogens with one attached hydrogen (secondary N) is 2. The summed E-state index contributed by atoms with van der Waals surface area (Å²) in [5.74, 6) is 0.191. The highest BCUT2D eigenvalue weighted by Crippen LogP contribution is 2.40. The van der Waals surface area contributed by atoms with E-state index in [9.17, 15) is 54.3 Å². The summed E-state index contributed by atoms with van der Waals surface area (Å²) in [4.78, 5) is 83.7. The van der Waals surface area contributed by atoms with Crippen molar-refractivity contribution in [2.24, 2.45) is 41.0 Å². The lowest BCUT2D eigenvalue weighted by molar-refractivity contribution is 0.0952. The summed E-state index contributed by atoms with van der Waals surface area (Å²) in [7, 11) is 7.45. The molecule has 0 aliphatic heterocycles. The minimum Gasteiger partial charge on any atom is -0.465 e. The monoisotopic (exact) mass is 1060 g/mol. The number of anilines is 10. The SMILES string of the molecule is Cn1cc(N(C(=O)O)c2cc(N(C(=O)O)c3cc(N(C(=O)O)c4cc(N(C(=O)O)c5cc(C(=O)NCCCc6ccc(N(CCCl)CCCl)cc6)cn5C)cn4C)cn3C)cn2C)cc1N(CCC(=N)N)C(=O)O. The molecule has 0 saturated heterocycles. The largest absolute Gasteiger partial charge is 0.465 e. The minimum atomic E-state index is -1.53. The molecule has 0 bridgehead atoms. The van der Waals surface area contributed by atoms with Crippen LogP contribution in [0.3, 0.4) is 0 Å². The molecule has 9 N–H and O–H groups in total. The third kappa shape index (κ3) is 12.0. The van der Waals surface area contributed by atoms with E-state index in [1.807, 2.05) is 24.3 Å². The summed E-state index contributed by atoms with van der Waals surface area (Å²) in [6.07, 6.45) is 0.707. The molecule has 394 valence electrons. The molecule has 25 nitrogen and oxygen atoms in total. The molecule has 5 heterocycles. The fourth-order valence-corrected chi connectivity index (χ4v) is 8.82. The van der Waals surface area contributed by atoms with Crippen LogP contribution in [0.15, 0.2) is 85.6 Å². The molecule has 27 heteroatoms. The Bertz CT molecular complexity index is 3060.